The smallest absolute Gasteiger partial charge is 0.227 e. The van der Waals surface area contributed by atoms with Crippen LogP contribution >= 0.6 is 11.3 Å². The molecule has 2 aromatic heterocycles. The molecule has 2 aromatic rings. The van der Waals surface area contributed by atoms with E-state index in [0.717, 1.165) is 29.2 Å². The van der Waals surface area contributed by atoms with Crippen molar-refractivity contribution in [3.8, 4) is 0 Å². The number of methoxy groups -OCH3 is 1. The van der Waals surface area contributed by atoms with Crippen LogP contribution in [0.5, 0.6) is 0 Å². The number of sulfone groups is 1. The highest BCUT2D eigenvalue weighted by Gasteiger charge is 2.32. The second-order valence-electron chi connectivity index (χ2n) is 7.67. The lowest BCUT2D eigenvalue weighted by Crippen LogP contribution is -2.25. The predicted molar refractivity (Wildman–Crippen MR) is 110 cm³/mol. The van der Waals surface area contributed by atoms with E-state index in [0.29, 0.717) is 25.6 Å². The van der Waals surface area contributed by atoms with Gasteiger partial charge in [0.25, 0.3) is 0 Å². The molecule has 1 fully saturated rings. The van der Waals surface area contributed by atoms with E-state index in [1.165, 1.54) is 4.88 Å². The Balaban J connectivity index is 1.83. The fourth-order valence-corrected chi connectivity index (χ4v) is 6.16. The zero-order valence-electron chi connectivity index (χ0n) is 17.3. The molecule has 0 N–H and O–H groups in total. The van der Waals surface area contributed by atoms with Gasteiger partial charge in [-0.25, -0.2) is 18.4 Å². The van der Waals surface area contributed by atoms with Crippen molar-refractivity contribution < 1.29 is 13.2 Å². The van der Waals surface area contributed by atoms with Crippen LogP contribution in [-0.4, -0.2) is 54.4 Å². The molecule has 9 heteroatoms. The van der Waals surface area contributed by atoms with Crippen LogP contribution in [0.15, 0.2) is 11.4 Å². The molecule has 0 bridgehead atoms. The number of aryl methyl sites for hydroxylation is 2. The Hall–Kier alpha value is -1.29. The zero-order valence-corrected chi connectivity index (χ0v) is 18.9. The molecular formula is C19H30N4O3S2. The lowest BCUT2D eigenvalue weighted by Gasteiger charge is -2.24. The third-order valence-electron chi connectivity index (χ3n) is 5.26. The molecule has 0 radical (unpaired) electrons. The second-order valence-corrected chi connectivity index (χ2v) is 11.0. The van der Waals surface area contributed by atoms with Crippen LogP contribution in [-0.2, 0) is 27.7 Å². The highest BCUT2D eigenvalue weighted by atomic mass is 32.2. The molecular weight excluding hydrogens is 396 g/mol. The van der Waals surface area contributed by atoms with E-state index in [2.05, 4.69) is 28.7 Å². The number of rotatable bonds is 10. The molecule has 0 aromatic carbocycles. The number of imidazole rings is 1. The molecule has 1 atom stereocenters. The van der Waals surface area contributed by atoms with Crippen LogP contribution in [0.25, 0.3) is 0 Å². The van der Waals surface area contributed by atoms with Gasteiger partial charge in [-0.05, 0) is 46.6 Å². The number of hydrogen-bond donors (Lipinski definition) is 0. The Bertz CT molecular complexity index is 916. The minimum atomic E-state index is -3.38. The van der Waals surface area contributed by atoms with E-state index >= 15 is 0 Å². The molecule has 1 saturated carbocycles. The molecule has 0 amide bonds. The van der Waals surface area contributed by atoms with E-state index in [1.54, 1.807) is 24.6 Å². The standard InChI is InChI=1S/C19H30N4O3S2/c1-13(18-14(2)27-15(3)21-18)22(4)11-17-10-20-19(23(17)8-9-26-5)28(24,25)12-16-6-7-16/h10,13,16H,6-9,11-12H2,1-5H3. The Kier molecular flexibility index (Phi) is 6.58. The number of ether oxygens (including phenoxy) is 1. The second kappa shape index (κ2) is 8.61. The van der Waals surface area contributed by atoms with Crippen LogP contribution in [0.2, 0.25) is 0 Å². The Morgan fingerprint density at radius 3 is 2.68 bits per heavy atom. The lowest BCUT2D eigenvalue weighted by atomic mass is 10.2. The summed E-state index contributed by atoms with van der Waals surface area (Å²) in [6, 6.07) is 0.127. The van der Waals surface area contributed by atoms with Gasteiger partial charge in [0, 0.05) is 25.1 Å². The van der Waals surface area contributed by atoms with Gasteiger partial charge in [-0.15, -0.1) is 11.3 Å². The molecule has 7 nitrogen and oxygen atoms in total. The third kappa shape index (κ3) is 4.82. The van der Waals surface area contributed by atoms with Crippen LogP contribution < -0.4 is 0 Å². The van der Waals surface area contributed by atoms with Crippen molar-refractivity contribution in [3.05, 3.63) is 27.5 Å². The van der Waals surface area contributed by atoms with Crippen LogP contribution in [0.1, 0.15) is 47.1 Å². The van der Waals surface area contributed by atoms with Gasteiger partial charge in [-0.3, -0.25) is 4.90 Å². The minimum absolute atomic E-state index is 0.127. The number of aromatic nitrogens is 3. The van der Waals surface area contributed by atoms with E-state index in [-0.39, 0.29) is 17.0 Å². The average molecular weight is 427 g/mol. The van der Waals surface area contributed by atoms with Crippen molar-refractivity contribution in [2.75, 3.05) is 26.5 Å². The summed E-state index contributed by atoms with van der Waals surface area (Å²) in [6.45, 7) is 7.75. The molecule has 1 unspecified atom stereocenters. The predicted octanol–water partition coefficient (Wildman–Crippen LogP) is 2.98. The van der Waals surface area contributed by atoms with Gasteiger partial charge in [0.2, 0.25) is 15.0 Å². The first-order valence-electron chi connectivity index (χ1n) is 9.63. The third-order valence-corrected chi connectivity index (χ3v) is 7.95. The summed E-state index contributed by atoms with van der Waals surface area (Å²) in [5.41, 5.74) is 1.96. The molecule has 3 rings (SSSR count). The van der Waals surface area contributed by atoms with Gasteiger partial charge >= 0.3 is 0 Å². The van der Waals surface area contributed by atoms with E-state index in [9.17, 15) is 8.42 Å². The van der Waals surface area contributed by atoms with Gasteiger partial charge in [-0.2, -0.15) is 0 Å². The molecule has 0 saturated heterocycles. The highest BCUT2D eigenvalue weighted by Crippen LogP contribution is 2.32. The van der Waals surface area contributed by atoms with Gasteiger partial charge in [-0.1, -0.05) is 0 Å². The first kappa shape index (κ1) is 21.4. The van der Waals surface area contributed by atoms with Crippen molar-refractivity contribution >= 4 is 21.2 Å². The van der Waals surface area contributed by atoms with Crippen molar-refractivity contribution in [2.45, 2.75) is 57.9 Å². The fraction of sp³-hybridized carbons (Fsp3) is 0.684. The van der Waals surface area contributed by atoms with Crippen molar-refractivity contribution in [1.29, 1.82) is 0 Å². The molecule has 1 aliphatic carbocycles. The number of nitrogens with zero attached hydrogens (tertiary/aromatic N) is 4. The lowest BCUT2D eigenvalue weighted by molar-refractivity contribution is 0.180. The first-order valence-corrected chi connectivity index (χ1v) is 12.1. The summed E-state index contributed by atoms with van der Waals surface area (Å²) >= 11 is 1.70. The summed E-state index contributed by atoms with van der Waals surface area (Å²) in [5.74, 6) is 0.486. The molecule has 1 aliphatic rings. The van der Waals surface area contributed by atoms with Gasteiger partial charge < -0.3 is 9.30 Å². The zero-order chi connectivity index (χ0) is 20.5. The summed E-state index contributed by atoms with van der Waals surface area (Å²) in [4.78, 5) is 12.4. The summed E-state index contributed by atoms with van der Waals surface area (Å²) in [6.07, 6.45) is 3.69. The van der Waals surface area contributed by atoms with Crippen molar-refractivity contribution in [1.82, 2.24) is 19.4 Å². The SMILES string of the molecule is COCCn1c(CN(C)C(C)c2nc(C)sc2C)cnc1S(=O)(=O)CC1CC1. The summed E-state index contributed by atoms with van der Waals surface area (Å²) in [7, 11) is 0.272. The Morgan fingerprint density at radius 2 is 2.11 bits per heavy atom. The molecule has 0 aliphatic heterocycles. The van der Waals surface area contributed by atoms with Crippen LogP contribution in [0.4, 0.5) is 0 Å². The van der Waals surface area contributed by atoms with E-state index < -0.39 is 9.84 Å². The number of thiazole rings is 1. The average Bonchev–Trinajstić information content (AvgIpc) is 3.22. The van der Waals surface area contributed by atoms with Gasteiger partial charge in [0.15, 0.2) is 0 Å². The Labute approximate surface area is 171 Å². The summed E-state index contributed by atoms with van der Waals surface area (Å²) in [5, 5.41) is 1.24. The van der Waals surface area contributed by atoms with Crippen molar-refractivity contribution in [3.63, 3.8) is 0 Å². The van der Waals surface area contributed by atoms with Gasteiger partial charge in [0.1, 0.15) is 0 Å². The van der Waals surface area contributed by atoms with Crippen LogP contribution in [0.3, 0.4) is 0 Å². The molecule has 0 spiro atoms. The largest absolute Gasteiger partial charge is 0.383 e. The van der Waals surface area contributed by atoms with Gasteiger partial charge in [0.05, 0.1) is 41.0 Å². The molecule has 156 valence electrons. The summed E-state index contributed by atoms with van der Waals surface area (Å²) < 4.78 is 32.7. The van der Waals surface area contributed by atoms with Crippen molar-refractivity contribution in [2.24, 2.45) is 5.92 Å². The van der Waals surface area contributed by atoms with E-state index in [1.807, 2.05) is 18.5 Å². The quantitative estimate of drug-likeness (QED) is 0.581. The van der Waals surface area contributed by atoms with Crippen LogP contribution in [0, 0.1) is 19.8 Å². The molecule has 2 heterocycles. The number of hydrogen-bond acceptors (Lipinski definition) is 7. The Morgan fingerprint density at radius 1 is 1.39 bits per heavy atom. The fourth-order valence-electron chi connectivity index (χ4n) is 3.39. The minimum Gasteiger partial charge on any atom is -0.383 e. The monoisotopic (exact) mass is 426 g/mol. The highest BCUT2D eigenvalue weighted by molar-refractivity contribution is 7.91. The maximum absolute atomic E-state index is 12.8. The van der Waals surface area contributed by atoms with E-state index in [4.69, 9.17) is 4.74 Å². The first-order chi connectivity index (χ1) is 13.2. The normalized spacial score (nSPS) is 16.1. The molecule has 28 heavy (non-hydrogen) atoms. The maximum Gasteiger partial charge on any atom is 0.227 e. The topological polar surface area (TPSA) is 77.3 Å². The maximum atomic E-state index is 12.8.